The second-order valence-corrected chi connectivity index (χ2v) is 5.47. The summed E-state index contributed by atoms with van der Waals surface area (Å²) in [6.45, 7) is 2.83. The molecule has 0 fully saturated rings. The van der Waals surface area contributed by atoms with Gasteiger partial charge in [0.2, 0.25) is 0 Å². The van der Waals surface area contributed by atoms with Crippen molar-refractivity contribution < 1.29 is 9.84 Å². The number of aliphatic hydroxyl groups is 1. The lowest BCUT2D eigenvalue weighted by Gasteiger charge is -2.03. The zero-order valence-electron chi connectivity index (χ0n) is 11.1. The fourth-order valence-electron chi connectivity index (χ4n) is 1.87. The summed E-state index contributed by atoms with van der Waals surface area (Å²) in [7, 11) is 0. The third-order valence-electron chi connectivity index (χ3n) is 2.78. The first kappa shape index (κ1) is 14.0. The van der Waals surface area contributed by atoms with Gasteiger partial charge in [0.25, 0.3) is 0 Å². The van der Waals surface area contributed by atoms with Crippen LogP contribution in [0.4, 0.5) is 0 Å². The second-order valence-electron chi connectivity index (χ2n) is 4.30. The molecule has 1 aromatic heterocycles. The van der Waals surface area contributed by atoms with Gasteiger partial charge < -0.3 is 9.84 Å². The van der Waals surface area contributed by atoms with Crippen molar-refractivity contribution in [1.29, 1.82) is 0 Å². The molecule has 0 aliphatic carbocycles. The molecule has 0 spiro atoms. The molecule has 2 aromatic rings. The zero-order valence-corrected chi connectivity index (χ0v) is 11.9. The second kappa shape index (κ2) is 7.26. The van der Waals surface area contributed by atoms with E-state index >= 15 is 0 Å². The third-order valence-corrected chi connectivity index (χ3v) is 3.92. The average Bonchev–Trinajstić information content (AvgIpc) is 2.83. The van der Waals surface area contributed by atoms with E-state index in [0.717, 1.165) is 40.6 Å². The first-order valence-electron chi connectivity index (χ1n) is 6.59. The van der Waals surface area contributed by atoms with Gasteiger partial charge in [-0.15, -0.1) is 11.3 Å². The molecule has 0 bridgehead atoms. The number of nitrogens with zero attached hydrogens (tertiary/aromatic N) is 1. The first-order valence-corrected chi connectivity index (χ1v) is 7.41. The van der Waals surface area contributed by atoms with Crippen LogP contribution >= 0.6 is 11.3 Å². The number of aromatic nitrogens is 1. The Kier molecular flexibility index (Phi) is 5.36. The van der Waals surface area contributed by atoms with Crippen LogP contribution in [0.5, 0.6) is 5.75 Å². The van der Waals surface area contributed by atoms with Crippen LogP contribution in [0, 0.1) is 0 Å². The maximum atomic E-state index is 9.30. The Bertz CT molecular complexity index is 496. The van der Waals surface area contributed by atoms with E-state index in [4.69, 9.17) is 4.74 Å². The van der Waals surface area contributed by atoms with Crippen molar-refractivity contribution in [1.82, 2.24) is 4.98 Å². The minimum Gasteiger partial charge on any atom is -0.493 e. The largest absolute Gasteiger partial charge is 0.493 e. The third kappa shape index (κ3) is 4.04. The van der Waals surface area contributed by atoms with Crippen LogP contribution in [-0.4, -0.2) is 16.7 Å². The molecule has 3 nitrogen and oxygen atoms in total. The quantitative estimate of drug-likeness (QED) is 0.845. The molecule has 0 saturated carbocycles. The van der Waals surface area contributed by atoms with Crippen molar-refractivity contribution >= 4 is 11.3 Å². The summed E-state index contributed by atoms with van der Waals surface area (Å²) >= 11 is 1.59. The Labute approximate surface area is 117 Å². The molecule has 0 unspecified atom stereocenters. The molecule has 0 aliphatic rings. The van der Waals surface area contributed by atoms with Crippen molar-refractivity contribution in [2.75, 3.05) is 6.61 Å². The summed E-state index contributed by atoms with van der Waals surface area (Å²) in [6.07, 6.45) is 2.78. The Morgan fingerprint density at radius 2 is 2.00 bits per heavy atom. The van der Waals surface area contributed by atoms with Crippen molar-refractivity contribution in [2.24, 2.45) is 0 Å². The molecule has 1 heterocycles. The summed E-state index contributed by atoms with van der Waals surface area (Å²) in [5.74, 6) is 0.884. The minimum absolute atomic E-state index is 0.0898. The zero-order chi connectivity index (χ0) is 13.5. The fourth-order valence-corrected chi connectivity index (χ4v) is 2.83. The minimum atomic E-state index is 0.0898. The predicted molar refractivity (Wildman–Crippen MR) is 77.7 cm³/mol. The number of aliphatic hydroxyl groups excluding tert-OH is 1. The molecule has 2 rings (SSSR count). The van der Waals surface area contributed by atoms with E-state index in [2.05, 4.69) is 11.9 Å². The predicted octanol–water partition coefficient (Wildman–Crippen LogP) is 3.21. The Balaban J connectivity index is 1.89. The fraction of sp³-hybridized carbons (Fsp3) is 0.400. The number of thiazole rings is 1. The number of aryl methyl sites for hydroxylation is 1. The molecule has 1 N–H and O–H groups in total. The van der Waals surface area contributed by atoms with Gasteiger partial charge in [0.05, 0.1) is 28.8 Å². The summed E-state index contributed by atoms with van der Waals surface area (Å²) in [5.41, 5.74) is 1.05. The Hall–Kier alpha value is -1.39. The van der Waals surface area contributed by atoms with E-state index in [1.165, 1.54) is 0 Å². The maximum Gasteiger partial charge on any atom is 0.119 e. The van der Waals surface area contributed by atoms with Gasteiger partial charge in [-0.25, -0.2) is 4.98 Å². The number of benzene rings is 1. The topological polar surface area (TPSA) is 42.4 Å². The number of hydrogen-bond donors (Lipinski definition) is 1. The van der Waals surface area contributed by atoms with Crippen LogP contribution in [-0.2, 0) is 19.4 Å². The highest BCUT2D eigenvalue weighted by atomic mass is 32.1. The molecule has 0 atom stereocenters. The summed E-state index contributed by atoms with van der Waals surface area (Å²) in [4.78, 5) is 5.58. The number of para-hydroxylation sites is 1. The maximum absolute atomic E-state index is 9.30. The van der Waals surface area contributed by atoms with Gasteiger partial charge in [-0.05, 0) is 18.6 Å². The van der Waals surface area contributed by atoms with E-state index in [0.29, 0.717) is 6.61 Å². The lowest BCUT2D eigenvalue weighted by atomic mass is 10.2. The number of rotatable bonds is 7. The SMILES string of the molecule is CCCc1nc(CCOc2ccccc2)sc1CO. The highest BCUT2D eigenvalue weighted by Crippen LogP contribution is 2.21. The van der Waals surface area contributed by atoms with Gasteiger partial charge in [0.1, 0.15) is 5.75 Å². The highest BCUT2D eigenvalue weighted by molar-refractivity contribution is 7.11. The molecule has 0 aliphatic heterocycles. The van der Waals surface area contributed by atoms with Crippen molar-refractivity contribution in [3.05, 3.63) is 45.9 Å². The normalized spacial score (nSPS) is 10.6. The summed E-state index contributed by atoms with van der Waals surface area (Å²) in [6, 6.07) is 9.79. The van der Waals surface area contributed by atoms with Gasteiger partial charge in [-0.3, -0.25) is 0 Å². The molecule has 0 saturated heterocycles. The lowest BCUT2D eigenvalue weighted by Crippen LogP contribution is -2.01. The van der Waals surface area contributed by atoms with Crippen molar-refractivity contribution in [2.45, 2.75) is 32.8 Å². The van der Waals surface area contributed by atoms with Crippen molar-refractivity contribution in [3.8, 4) is 5.75 Å². The van der Waals surface area contributed by atoms with Gasteiger partial charge in [0.15, 0.2) is 0 Å². The molecule has 19 heavy (non-hydrogen) atoms. The van der Waals surface area contributed by atoms with E-state index < -0.39 is 0 Å². The van der Waals surface area contributed by atoms with Crippen LogP contribution in [0.15, 0.2) is 30.3 Å². The molecule has 1 aromatic carbocycles. The smallest absolute Gasteiger partial charge is 0.119 e. The summed E-state index contributed by atoms with van der Waals surface area (Å²) < 4.78 is 5.66. The highest BCUT2D eigenvalue weighted by Gasteiger charge is 2.09. The Morgan fingerprint density at radius 3 is 2.68 bits per heavy atom. The molecular formula is C15H19NO2S. The van der Waals surface area contributed by atoms with E-state index in [9.17, 15) is 5.11 Å². The van der Waals surface area contributed by atoms with Crippen LogP contribution < -0.4 is 4.74 Å². The standard InChI is InChI=1S/C15H19NO2S/c1-2-6-13-14(11-17)19-15(16-13)9-10-18-12-7-4-3-5-8-12/h3-5,7-8,17H,2,6,9-11H2,1H3. The van der Waals surface area contributed by atoms with Crippen molar-refractivity contribution in [3.63, 3.8) is 0 Å². The average molecular weight is 277 g/mol. The van der Waals surface area contributed by atoms with Crippen LogP contribution in [0.3, 0.4) is 0 Å². The first-order chi connectivity index (χ1) is 9.33. The molecule has 0 amide bonds. The monoisotopic (exact) mass is 277 g/mol. The van der Waals surface area contributed by atoms with Crippen LogP contribution in [0.2, 0.25) is 0 Å². The van der Waals surface area contributed by atoms with Crippen LogP contribution in [0.25, 0.3) is 0 Å². The van der Waals surface area contributed by atoms with Gasteiger partial charge >= 0.3 is 0 Å². The molecule has 102 valence electrons. The number of hydrogen-bond acceptors (Lipinski definition) is 4. The van der Waals surface area contributed by atoms with Gasteiger partial charge in [0, 0.05) is 6.42 Å². The molecule has 0 radical (unpaired) electrons. The number of ether oxygens (including phenoxy) is 1. The van der Waals surface area contributed by atoms with E-state index in [-0.39, 0.29) is 6.61 Å². The van der Waals surface area contributed by atoms with Gasteiger partial charge in [-0.1, -0.05) is 31.5 Å². The van der Waals surface area contributed by atoms with E-state index in [1.54, 1.807) is 11.3 Å². The lowest BCUT2D eigenvalue weighted by molar-refractivity contribution is 0.284. The molecular weight excluding hydrogens is 258 g/mol. The van der Waals surface area contributed by atoms with E-state index in [1.807, 2.05) is 30.3 Å². The Morgan fingerprint density at radius 1 is 1.21 bits per heavy atom. The summed E-state index contributed by atoms with van der Waals surface area (Å²) in [5, 5.41) is 10.3. The van der Waals surface area contributed by atoms with Crippen LogP contribution in [0.1, 0.15) is 28.9 Å². The molecule has 4 heteroatoms. The van der Waals surface area contributed by atoms with Gasteiger partial charge in [-0.2, -0.15) is 0 Å².